The molecule has 0 atom stereocenters. The average molecular weight is 450 g/mol. The fourth-order valence-electron chi connectivity index (χ4n) is 4.01. The minimum absolute atomic E-state index is 0.344. The standard InChI is InChI=1S/C26H18N4O4/c31-25-20-8-4-5-9-21(20)26(32)30(25)27-15-18-16-29(19-6-2-1-3-7-19)28-24(18)17-10-11-22-23(14-17)34-13-12-33-22/h1-11,14-16H,12-13H2/b27-15-. The predicted molar refractivity (Wildman–Crippen MR) is 125 cm³/mol. The van der Waals surface area contributed by atoms with Gasteiger partial charge in [0, 0.05) is 17.3 Å². The molecule has 1 aromatic heterocycles. The molecule has 8 nitrogen and oxygen atoms in total. The Morgan fingerprint density at radius 1 is 0.824 bits per heavy atom. The van der Waals surface area contributed by atoms with E-state index in [0.717, 1.165) is 16.3 Å². The molecule has 0 saturated carbocycles. The Kier molecular flexibility index (Phi) is 4.69. The lowest BCUT2D eigenvalue weighted by molar-refractivity contribution is 0.0660. The van der Waals surface area contributed by atoms with Crippen molar-refractivity contribution < 1.29 is 19.1 Å². The average Bonchev–Trinajstić information content (AvgIpc) is 3.42. The Hall–Kier alpha value is -4.72. The van der Waals surface area contributed by atoms with E-state index in [1.807, 2.05) is 54.7 Å². The van der Waals surface area contributed by atoms with Gasteiger partial charge in [0.1, 0.15) is 18.9 Å². The van der Waals surface area contributed by atoms with Gasteiger partial charge in [0.2, 0.25) is 0 Å². The van der Waals surface area contributed by atoms with Gasteiger partial charge in [-0.25, -0.2) is 4.68 Å². The largest absolute Gasteiger partial charge is 0.486 e. The van der Waals surface area contributed by atoms with Crippen LogP contribution in [0.4, 0.5) is 0 Å². The number of imide groups is 1. The van der Waals surface area contributed by atoms with Crippen molar-refractivity contribution in [1.29, 1.82) is 0 Å². The number of rotatable bonds is 4. The van der Waals surface area contributed by atoms with Gasteiger partial charge in [0.05, 0.1) is 23.0 Å². The SMILES string of the molecule is O=C1c2ccccc2C(=O)N1/N=C\c1cn(-c2ccccc2)nc1-c1ccc2c(c1)OCCO2. The summed E-state index contributed by atoms with van der Waals surface area (Å²) in [6.45, 7) is 0.982. The summed E-state index contributed by atoms with van der Waals surface area (Å²) in [6, 6.07) is 21.9. The normalized spacial score (nSPS) is 14.6. The first-order chi connectivity index (χ1) is 16.7. The molecule has 0 N–H and O–H groups in total. The molecule has 3 aromatic carbocycles. The molecule has 2 aliphatic heterocycles. The zero-order valence-electron chi connectivity index (χ0n) is 17.9. The summed E-state index contributed by atoms with van der Waals surface area (Å²) in [5.74, 6) is 0.418. The maximum atomic E-state index is 12.7. The van der Waals surface area contributed by atoms with E-state index in [1.165, 1.54) is 6.21 Å². The maximum absolute atomic E-state index is 12.7. The van der Waals surface area contributed by atoms with Crippen molar-refractivity contribution in [3.8, 4) is 28.4 Å². The molecule has 34 heavy (non-hydrogen) atoms. The first kappa shape index (κ1) is 19.9. The van der Waals surface area contributed by atoms with Crippen LogP contribution < -0.4 is 9.47 Å². The summed E-state index contributed by atoms with van der Waals surface area (Å²) in [4.78, 5) is 25.4. The van der Waals surface area contributed by atoms with Gasteiger partial charge in [0.25, 0.3) is 11.8 Å². The van der Waals surface area contributed by atoms with Gasteiger partial charge in [-0.3, -0.25) is 9.59 Å². The van der Waals surface area contributed by atoms with Crippen LogP contribution in [0.1, 0.15) is 26.3 Å². The van der Waals surface area contributed by atoms with E-state index >= 15 is 0 Å². The quantitative estimate of drug-likeness (QED) is 0.347. The van der Waals surface area contributed by atoms with Crippen LogP contribution in [-0.2, 0) is 0 Å². The van der Waals surface area contributed by atoms with Gasteiger partial charge in [-0.1, -0.05) is 30.3 Å². The Labute approximate surface area is 194 Å². The first-order valence-corrected chi connectivity index (χ1v) is 10.8. The number of nitrogens with zero attached hydrogens (tertiary/aromatic N) is 4. The summed E-state index contributed by atoms with van der Waals surface area (Å²) in [6.07, 6.45) is 3.30. The Morgan fingerprint density at radius 3 is 2.24 bits per heavy atom. The maximum Gasteiger partial charge on any atom is 0.282 e. The van der Waals surface area contributed by atoms with Crippen LogP contribution >= 0.6 is 0 Å². The van der Waals surface area contributed by atoms with Crippen molar-refractivity contribution in [2.45, 2.75) is 0 Å². The number of benzene rings is 3. The van der Waals surface area contributed by atoms with Crippen LogP contribution in [-0.4, -0.2) is 46.0 Å². The van der Waals surface area contributed by atoms with E-state index in [2.05, 4.69) is 5.10 Å². The fraction of sp³-hybridized carbons (Fsp3) is 0.0769. The molecule has 8 heteroatoms. The highest BCUT2D eigenvalue weighted by Gasteiger charge is 2.35. The third-order valence-electron chi connectivity index (χ3n) is 5.66. The van der Waals surface area contributed by atoms with E-state index < -0.39 is 11.8 Å². The molecule has 0 saturated heterocycles. The lowest BCUT2D eigenvalue weighted by atomic mass is 10.1. The summed E-state index contributed by atoms with van der Waals surface area (Å²) in [7, 11) is 0. The number of fused-ring (bicyclic) bond motifs is 2. The first-order valence-electron chi connectivity index (χ1n) is 10.8. The van der Waals surface area contributed by atoms with Gasteiger partial charge < -0.3 is 9.47 Å². The number of hydrogen-bond acceptors (Lipinski definition) is 6. The van der Waals surface area contributed by atoms with Crippen LogP contribution in [0.3, 0.4) is 0 Å². The number of aromatic nitrogens is 2. The molecule has 0 fully saturated rings. The summed E-state index contributed by atoms with van der Waals surface area (Å²) >= 11 is 0. The second kappa shape index (κ2) is 8.00. The second-order valence-corrected chi connectivity index (χ2v) is 7.78. The number of hydrazone groups is 1. The second-order valence-electron chi connectivity index (χ2n) is 7.78. The molecular weight excluding hydrogens is 432 g/mol. The molecule has 6 rings (SSSR count). The predicted octanol–water partition coefficient (Wildman–Crippen LogP) is 3.94. The highest BCUT2D eigenvalue weighted by molar-refractivity contribution is 6.21. The molecule has 0 aliphatic carbocycles. The van der Waals surface area contributed by atoms with Gasteiger partial charge in [-0.2, -0.15) is 15.2 Å². The molecule has 0 unspecified atom stereocenters. The Balaban J connectivity index is 1.41. The number of carbonyl (C=O) groups excluding carboxylic acids is 2. The Morgan fingerprint density at radius 2 is 1.50 bits per heavy atom. The van der Waals surface area contributed by atoms with Crippen LogP contribution in [0, 0.1) is 0 Å². The van der Waals surface area contributed by atoms with Gasteiger partial charge in [0.15, 0.2) is 11.5 Å². The fourth-order valence-corrected chi connectivity index (χ4v) is 4.01. The summed E-state index contributed by atoms with van der Waals surface area (Å²) in [5.41, 5.74) is 3.61. The Bertz CT molecular complexity index is 1420. The van der Waals surface area contributed by atoms with Gasteiger partial charge in [-0.15, -0.1) is 0 Å². The molecule has 166 valence electrons. The number of para-hydroxylation sites is 1. The van der Waals surface area contributed by atoms with Crippen LogP contribution in [0.2, 0.25) is 0 Å². The van der Waals surface area contributed by atoms with E-state index in [-0.39, 0.29) is 0 Å². The van der Waals surface area contributed by atoms with Crippen molar-refractivity contribution in [2.75, 3.05) is 13.2 Å². The molecule has 3 heterocycles. The van der Waals surface area contributed by atoms with E-state index in [1.54, 1.807) is 28.9 Å². The van der Waals surface area contributed by atoms with Crippen molar-refractivity contribution in [3.63, 3.8) is 0 Å². The monoisotopic (exact) mass is 450 g/mol. The lowest BCUT2D eigenvalue weighted by Crippen LogP contribution is -2.24. The minimum Gasteiger partial charge on any atom is -0.486 e. The highest BCUT2D eigenvalue weighted by Crippen LogP contribution is 2.35. The van der Waals surface area contributed by atoms with E-state index in [4.69, 9.17) is 14.6 Å². The zero-order valence-corrected chi connectivity index (χ0v) is 17.9. The number of amides is 2. The summed E-state index contributed by atoms with van der Waals surface area (Å²) in [5, 5.41) is 9.90. The zero-order chi connectivity index (χ0) is 23.1. The lowest BCUT2D eigenvalue weighted by Gasteiger charge is -2.18. The van der Waals surface area contributed by atoms with Crippen molar-refractivity contribution in [3.05, 3.63) is 95.7 Å². The third kappa shape index (κ3) is 3.32. The third-order valence-corrected chi connectivity index (χ3v) is 5.66. The number of hydrogen-bond donors (Lipinski definition) is 0. The van der Waals surface area contributed by atoms with Crippen molar-refractivity contribution >= 4 is 18.0 Å². The van der Waals surface area contributed by atoms with E-state index in [0.29, 0.717) is 47.1 Å². The van der Waals surface area contributed by atoms with Crippen LogP contribution in [0.25, 0.3) is 16.9 Å². The molecule has 2 aliphatic rings. The molecular formula is C26H18N4O4. The van der Waals surface area contributed by atoms with E-state index in [9.17, 15) is 9.59 Å². The molecule has 0 spiro atoms. The topological polar surface area (TPSA) is 86.0 Å². The van der Waals surface area contributed by atoms with Crippen LogP contribution in [0.5, 0.6) is 11.5 Å². The van der Waals surface area contributed by atoms with Gasteiger partial charge in [-0.05, 0) is 42.5 Å². The van der Waals surface area contributed by atoms with Crippen molar-refractivity contribution in [1.82, 2.24) is 14.8 Å². The molecule has 0 radical (unpaired) electrons. The smallest absolute Gasteiger partial charge is 0.282 e. The summed E-state index contributed by atoms with van der Waals surface area (Å²) < 4.78 is 13.1. The number of ether oxygens (including phenoxy) is 2. The van der Waals surface area contributed by atoms with Gasteiger partial charge >= 0.3 is 0 Å². The van der Waals surface area contributed by atoms with Crippen LogP contribution in [0.15, 0.2) is 84.1 Å². The molecule has 4 aromatic rings. The molecule has 0 bridgehead atoms. The minimum atomic E-state index is -0.451. The number of carbonyl (C=O) groups is 2. The molecule has 2 amide bonds. The highest BCUT2D eigenvalue weighted by atomic mass is 16.6. The van der Waals surface area contributed by atoms with Crippen molar-refractivity contribution in [2.24, 2.45) is 5.10 Å².